The lowest BCUT2D eigenvalue weighted by atomic mass is 9.99. The van der Waals surface area contributed by atoms with E-state index in [2.05, 4.69) is 68.4 Å². The summed E-state index contributed by atoms with van der Waals surface area (Å²) in [4.78, 5) is 4.91. The predicted octanol–water partition coefficient (Wildman–Crippen LogP) is 6.15. The van der Waals surface area contributed by atoms with Crippen LogP contribution in [-0.4, -0.2) is 11.6 Å². The second-order valence-electron chi connectivity index (χ2n) is 6.38. The van der Waals surface area contributed by atoms with Crippen LogP contribution >= 0.6 is 0 Å². The number of hydrogen-bond acceptors (Lipinski definition) is 2. The molecule has 3 aromatic carbocycles. The first kappa shape index (κ1) is 15.6. The van der Waals surface area contributed by atoms with E-state index in [4.69, 9.17) is 9.72 Å². The molecular weight excluding hydrogens is 306 g/mol. The van der Waals surface area contributed by atoms with E-state index >= 15 is 0 Å². The molecule has 0 radical (unpaired) electrons. The monoisotopic (exact) mass is 327 g/mol. The lowest BCUT2D eigenvalue weighted by Gasteiger charge is -2.10. The van der Waals surface area contributed by atoms with E-state index in [0.717, 1.165) is 35.6 Å². The Morgan fingerprint density at radius 2 is 1.72 bits per heavy atom. The van der Waals surface area contributed by atoms with Gasteiger partial charge in [0.2, 0.25) is 0 Å². The zero-order valence-electron chi connectivity index (χ0n) is 14.6. The molecule has 0 fully saturated rings. The van der Waals surface area contributed by atoms with Crippen molar-refractivity contribution in [3.05, 3.63) is 72.3 Å². The SMILES string of the molecule is CCCOc1ccc(-c2cc(C)c3c(ccc4ccccc43)n2)cc1. The minimum Gasteiger partial charge on any atom is -0.494 e. The predicted molar refractivity (Wildman–Crippen MR) is 105 cm³/mol. The van der Waals surface area contributed by atoms with Crippen LogP contribution in [0, 0.1) is 6.92 Å². The molecule has 0 bridgehead atoms. The Balaban J connectivity index is 1.79. The fourth-order valence-corrected chi connectivity index (χ4v) is 3.30. The molecule has 4 aromatic rings. The first-order valence-electron chi connectivity index (χ1n) is 8.78. The van der Waals surface area contributed by atoms with Gasteiger partial charge in [-0.25, -0.2) is 4.98 Å². The Morgan fingerprint density at radius 3 is 2.52 bits per heavy atom. The lowest BCUT2D eigenvalue weighted by molar-refractivity contribution is 0.317. The summed E-state index contributed by atoms with van der Waals surface area (Å²) in [5.74, 6) is 0.911. The normalized spacial score (nSPS) is 11.1. The molecule has 0 saturated carbocycles. The number of rotatable bonds is 4. The van der Waals surface area contributed by atoms with Gasteiger partial charge in [-0.1, -0.05) is 37.3 Å². The molecule has 1 aromatic heterocycles. The standard InChI is InChI=1S/C23H21NO/c1-3-14-25-19-11-8-18(9-12-19)22-15-16(2)23-20-7-5-4-6-17(20)10-13-21(23)24-22/h4-13,15H,3,14H2,1-2H3. The molecule has 4 rings (SSSR count). The van der Waals surface area contributed by atoms with E-state index in [9.17, 15) is 0 Å². The van der Waals surface area contributed by atoms with E-state index < -0.39 is 0 Å². The van der Waals surface area contributed by atoms with Crippen LogP contribution in [-0.2, 0) is 0 Å². The van der Waals surface area contributed by atoms with Gasteiger partial charge < -0.3 is 4.74 Å². The molecule has 0 aliphatic rings. The van der Waals surface area contributed by atoms with Crippen LogP contribution in [0.25, 0.3) is 32.9 Å². The molecule has 0 aliphatic heterocycles. The number of fused-ring (bicyclic) bond motifs is 3. The molecule has 2 heteroatoms. The molecule has 2 nitrogen and oxygen atoms in total. The topological polar surface area (TPSA) is 22.1 Å². The summed E-state index contributed by atoms with van der Waals surface area (Å²) in [6.07, 6.45) is 1.02. The van der Waals surface area contributed by atoms with Crippen molar-refractivity contribution in [3.8, 4) is 17.0 Å². The summed E-state index contributed by atoms with van der Waals surface area (Å²) < 4.78 is 5.67. The smallest absolute Gasteiger partial charge is 0.119 e. The van der Waals surface area contributed by atoms with E-state index in [-0.39, 0.29) is 0 Å². The van der Waals surface area contributed by atoms with E-state index in [1.54, 1.807) is 0 Å². The van der Waals surface area contributed by atoms with Gasteiger partial charge in [0.25, 0.3) is 0 Å². The minimum atomic E-state index is 0.750. The van der Waals surface area contributed by atoms with Crippen LogP contribution in [0.15, 0.2) is 66.7 Å². The van der Waals surface area contributed by atoms with Crippen molar-refractivity contribution in [1.82, 2.24) is 4.98 Å². The van der Waals surface area contributed by atoms with Gasteiger partial charge in [0, 0.05) is 10.9 Å². The second-order valence-corrected chi connectivity index (χ2v) is 6.38. The van der Waals surface area contributed by atoms with Crippen molar-refractivity contribution in [2.75, 3.05) is 6.61 Å². The molecule has 0 N–H and O–H groups in total. The number of pyridine rings is 1. The van der Waals surface area contributed by atoms with E-state index in [0.29, 0.717) is 0 Å². The zero-order chi connectivity index (χ0) is 17.2. The molecule has 0 aliphatic carbocycles. The highest BCUT2D eigenvalue weighted by Gasteiger charge is 2.08. The van der Waals surface area contributed by atoms with Crippen molar-refractivity contribution in [1.29, 1.82) is 0 Å². The van der Waals surface area contributed by atoms with Crippen LogP contribution in [0.5, 0.6) is 5.75 Å². The number of aromatic nitrogens is 1. The Morgan fingerprint density at radius 1 is 0.920 bits per heavy atom. The third-order valence-electron chi connectivity index (χ3n) is 4.52. The Kier molecular flexibility index (Phi) is 4.10. The van der Waals surface area contributed by atoms with E-state index in [1.165, 1.54) is 21.7 Å². The average Bonchev–Trinajstić information content (AvgIpc) is 2.66. The molecular formula is C23H21NO. The maximum absolute atomic E-state index is 5.67. The zero-order valence-corrected chi connectivity index (χ0v) is 14.6. The quantitative estimate of drug-likeness (QED) is 0.419. The van der Waals surface area contributed by atoms with Gasteiger partial charge in [-0.15, -0.1) is 0 Å². The van der Waals surface area contributed by atoms with Gasteiger partial charge in [-0.3, -0.25) is 0 Å². The van der Waals surface area contributed by atoms with Crippen LogP contribution < -0.4 is 4.74 Å². The number of aryl methyl sites for hydroxylation is 1. The molecule has 124 valence electrons. The summed E-state index contributed by atoms with van der Waals surface area (Å²) in [6, 6.07) is 23.1. The Bertz CT molecular complexity index is 1040. The van der Waals surface area contributed by atoms with Crippen LogP contribution in [0.2, 0.25) is 0 Å². The van der Waals surface area contributed by atoms with Gasteiger partial charge in [0.15, 0.2) is 0 Å². The third kappa shape index (κ3) is 2.96. The number of benzene rings is 3. The summed E-state index contributed by atoms with van der Waals surface area (Å²) in [6.45, 7) is 5.03. The van der Waals surface area contributed by atoms with Gasteiger partial charge in [0.05, 0.1) is 17.8 Å². The summed E-state index contributed by atoms with van der Waals surface area (Å²) in [5.41, 5.74) is 4.41. The van der Waals surface area contributed by atoms with Crippen LogP contribution in [0.4, 0.5) is 0 Å². The molecule has 0 unspecified atom stereocenters. The largest absolute Gasteiger partial charge is 0.494 e. The summed E-state index contributed by atoms with van der Waals surface area (Å²) in [5, 5.41) is 3.76. The Hall–Kier alpha value is -2.87. The van der Waals surface area contributed by atoms with E-state index in [1.807, 2.05) is 12.1 Å². The number of ether oxygens (including phenoxy) is 1. The number of nitrogens with zero attached hydrogens (tertiary/aromatic N) is 1. The number of hydrogen-bond donors (Lipinski definition) is 0. The maximum Gasteiger partial charge on any atom is 0.119 e. The fraction of sp³-hybridized carbons (Fsp3) is 0.174. The highest BCUT2D eigenvalue weighted by molar-refractivity contribution is 6.08. The van der Waals surface area contributed by atoms with Crippen molar-refractivity contribution in [3.63, 3.8) is 0 Å². The molecule has 25 heavy (non-hydrogen) atoms. The first-order chi connectivity index (χ1) is 12.3. The minimum absolute atomic E-state index is 0.750. The van der Waals surface area contributed by atoms with Gasteiger partial charge in [-0.05, 0) is 66.1 Å². The molecule has 0 atom stereocenters. The molecule has 0 spiro atoms. The highest BCUT2D eigenvalue weighted by Crippen LogP contribution is 2.30. The van der Waals surface area contributed by atoms with Crippen molar-refractivity contribution < 1.29 is 4.74 Å². The third-order valence-corrected chi connectivity index (χ3v) is 4.52. The van der Waals surface area contributed by atoms with Gasteiger partial charge >= 0.3 is 0 Å². The summed E-state index contributed by atoms with van der Waals surface area (Å²) >= 11 is 0. The molecule has 0 saturated heterocycles. The average molecular weight is 327 g/mol. The summed E-state index contributed by atoms with van der Waals surface area (Å²) in [7, 11) is 0. The van der Waals surface area contributed by atoms with Crippen LogP contribution in [0.1, 0.15) is 18.9 Å². The van der Waals surface area contributed by atoms with Crippen molar-refractivity contribution in [2.45, 2.75) is 20.3 Å². The van der Waals surface area contributed by atoms with Gasteiger partial charge in [-0.2, -0.15) is 0 Å². The molecule has 0 amide bonds. The Labute approximate surface area is 148 Å². The van der Waals surface area contributed by atoms with Crippen molar-refractivity contribution in [2.24, 2.45) is 0 Å². The first-order valence-corrected chi connectivity index (χ1v) is 8.78. The van der Waals surface area contributed by atoms with Crippen LogP contribution in [0.3, 0.4) is 0 Å². The fourth-order valence-electron chi connectivity index (χ4n) is 3.30. The lowest BCUT2D eigenvalue weighted by Crippen LogP contribution is -1.95. The molecule has 1 heterocycles. The maximum atomic E-state index is 5.67. The second kappa shape index (κ2) is 6.56. The van der Waals surface area contributed by atoms with Crippen molar-refractivity contribution >= 4 is 21.7 Å². The highest BCUT2D eigenvalue weighted by atomic mass is 16.5. The van der Waals surface area contributed by atoms with Gasteiger partial charge in [0.1, 0.15) is 5.75 Å².